The predicted octanol–water partition coefficient (Wildman–Crippen LogP) is 2.38. The third-order valence-corrected chi connectivity index (χ3v) is 4.77. The molecule has 120 valence electrons. The lowest BCUT2D eigenvalue weighted by molar-refractivity contribution is -0.137. The fourth-order valence-corrected chi connectivity index (χ4v) is 3.62. The molecule has 0 aliphatic heterocycles. The predicted molar refractivity (Wildman–Crippen MR) is 74.3 cm³/mol. The average Bonchev–Trinajstić information content (AvgIpc) is 2.24. The first-order valence-electron chi connectivity index (χ1n) is 6.35. The number of hydrogen-bond donors (Lipinski definition) is 2. The molecular weight excluding hydrogens is 305 g/mol. The van der Waals surface area contributed by atoms with Crippen LogP contribution in [0.4, 0.5) is 13.2 Å². The van der Waals surface area contributed by atoms with Crippen molar-refractivity contribution in [3.63, 3.8) is 0 Å². The maximum Gasteiger partial charge on any atom is 0.390 e. The molecule has 1 aromatic carbocycles. The molecule has 0 heterocycles. The van der Waals surface area contributed by atoms with Crippen LogP contribution in [-0.4, -0.2) is 20.6 Å². The molecule has 0 bridgehead atoms. The van der Waals surface area contributed by atoms with Gasteiger partial charge in [-0.1, -0.05) is 6.07 Å². The second-order valence-electron chi connectivity index (χ2n) is 5.09. The van der Waals surface area contributed by atoms with Gasteiger partial charge in [0.1, 0.15) is 0 Å². The molecule has 4 nitrogen and oxygen atoms in total. The van der Waals surface area contributed by atoms with Crippen LogP contribution in [0.25, 0.3) is 0 Å². The van der Waals surface area contributed by atoms with Gasteiger partial charge in [0.2, 0.25) is 10.0 Å². The summed E-state index contributed by atoms with van der Waals surface area (Å²) >= 11 is 0. The molecule has 0 aliphatic carbocycles. The maximum atomic E-state index is 12.3. The number of nitrogens with one attached hydrogen (secondary N) is 1. The van der Waals surface area contributed by atoms with E-state index in [1.165, 1.54) is 13.0 Å². The normalized spacial score (nSPS) is 14.2. The largest absolute Gasteiger partial charge is 0.390 e. The Morgan fingerprint density at radius 3 is 2.29 bits per heavy atom. The fourth-order valence-electron chi connectivity index (χ4n) is 2.10. The number of sulfonamides is 1. The Balaban J connectivity index is 3.08. The van der Waals surface area contributed by atoms with E-state index >= 15 is 0 Å². The van der Waals surface area contributed by atoms with Gasteiger partial charge in [-0.2, -0.15) is 13.2 Å². The van der Waals surface area contributed by atoms with E-state index < -0.39 is 28.7 Å². The number of alkyl halides is 3. The van der Waals surface area contributed by atoms with Crippen LogP contribution in [0.5, 0.6) is 0 Å². The molecule has 0 fully saturated rings. The van der Waals surface area contributed by atoms with Crippen molar-refractivity contribution in [2.45, 2.75) is 50.9 Å². The Kier molecular flexibility index (Phi) is 5.40. The van der Waals surface area contributed by atoms with Gasteiger partial charge < -0.3 is 5.73 Å². The monoisotopic (exact) mass is 324 g/mol. The Labute approximate surface area is 122 Å². The minimum absolute atomic E-state index is 0.0393. The van der Waals surface area contributed by atoms with E-state index in [1.54, 1.807) is 19.9 Å². The third kappa shape index (κ3) is 4.98. The third-order valence-electron chi connectivity index (χ3n) is 3.04. The summed E-state index contributed by atoms with van der Waals surface area (Å²) in [6.07, 6.45) is -5.65. The summed E-state index contributed by atoms with van der Waals surface area (Å²) in [4.78, 5) is -0.0393. The molecule has 0 spiro atoms. The van der Waals surface area contributed by atoms with Gasteiger partial charge in [-0.3, -0.25) is 0 Å². The zero-order valence-corrected chi connectivity index (χ0v) is 12.9. The van der Waals surface area contributed by atoms with Crippen molar-refractivity contribution in [3.8, 4) is 0 Å². The molecule has 1 rings (SSSR count). The highest BCUT2D eigenvalue weighted by Crippen LogP contribution is 2.24. The highest BCUT2D eigenvalue weighted by atomic mass is 32.2. The molecule has 0 aromatic heterocycles. The minimum atomic E-state index is -4.42. The van der Waals surface area contributed by atoms with E-state index in [1.807, 2.05) is 0 Å². The zero-order valence-electron chi connectivity index (χ0n) is 12.1. The van der Waals surface area contributed by atoms with E-state index in [0.717, 1.165) is 5.56 Å². The zero-order chi connectivity index (χ0) is 16.4. The summed E-state index contributed by atoms with van der Waals surface area (Å²) in [5, 5.41) is 0. The molecule has 0 radical (unpaired) electrons. The number of hydrogen-bond acceptors (Lipinski definition) is 3. The number of nitrogens with two attached hydrogens (primary N) is 1. The Morgan fingerprint density at radius 2 is 1.81 bits per heavy atom. The quantitative estimate of drug-likeness (QED) is 0.873. The molecule has 0 amide bonds. The highest BCUT2D eigenvalue weighted by molar-refractivity contribution is 7.89. The number of rotatable bonds is 5. The average molecular weight is 324 g/mol. The van der Waals surface area contributed by atoms with Crippen LogP contribution in [0.15, 0.2) is 17.0 Å². The molecule has 1 aromatic rings. The first-order valence-corrected chi connectivity index (χ1v) is 7.84. The van der Waals surface area contributed by atoms with Gasteiger partial charge in [0, 0.05) is 12.6 Å². The van der Waals surface area contributed by atoms with E-state index in [4.69, 9.17) is 5.73 Å². The highest BCUT2D eigenvalue weighted by Gasteiger charge is 2.32. The molecule has 8 heteroatoms. The summed E-state index contributed by atoms with van der Waals surface area (Å²) in [5.41, 5.74) is 7.49. The van der Waals surface area contributed by atoms with Crippen molar-refractivity contribution in [2.24, 2.45) is 5.73 Å². The lowest BCUT2D eigenvalue weighted by Gasteiger charge is -2.18. The van der Waals surface area contributed by atoms with Crippen molar-refractivity contribution in [1.82, 2.24) is 4.72 Å². The van der Waals surface area contributed by atoms with E-state index in [-0.39, 0.29) is 11.4 Å². The van der Waals surface area contributed by atoms with Crippen molar-refractivity contribution in [1.29, 1.82) is 0 Å². The summed E-state index contributed by atoms with van der Waals surface area (Å²) in [5.74, 6) is 0. The topological polar surface area (TPSA) is 72.2 Å². The lowest BCUT2D eigenvalue weighted by atomic mass is 10.1. The van der Waals surface area contributed by atoms with Gasteiger partial charge in [0.15, 0.2) is 0 Å². The Hall–Kier alpha value is -1.12. The lowest BCUT2D eigenvalue weighted by Crippen LogP contribution is -2.36. The molecular formula is C13H19F3N2O2S. The molecule has 0 aliphatic rings. The Morgan fingerprint density at radius 1 is 1.24 bits per heavy atom. The molecule has 3 N–H and O–H groups in total. The minimum Gasteiger partial charge on any atom is -0.326 e. The van der Waals surface area contributed by atoms with Crippen molar-refractivity contribution >= 4 is 10.0 Å². The summed E-state index contributed by atoms with van der Waals surface area (Å²) < 4.78 is 63.3. The van der Waals surface area contributed by atoms with Crippen molar-refractivity contribution in [3.05, 3.63) is 28.8 Å². The summed E-state index contributed by atoms with van der Waals surface area (Å²) in [6.45, 7) is 4.73. The van der Waals surface area contributed by atoms with Crippen LogP contribution < -0.4 is 10.5 Å². The van der Waals surface area contributed by atoms with Gasteiger partial charge in [0.05, 0.1) is 11.3 Å². The summed E-state index contributed by atoms with van der Waals surface area (Å²) in [7, 11) is -4.02. The number of benzene rings is 1. The van der Waals surface area contributed by atoms with Gasteiger partial charge in [-0.25, -0.2) is 13.1 Å². The second kappa shape index (κ2) is 6.33. The van der Waals surface area contributed by atoms with E-state index in [9.17, 15) is 21.6 Å². The van der Waals surface area contributed by atoms with Gasteiger partial charge in [0.25, 0.3) is 0 Å². The smallest absolute Gasteiger partial charge is 0.326 e. The first kappa shape index (κ1) is 17.9. The Bertz CT molecular complexity index is 613. The van der Waals surface area contributed by atoms with Crippen LogP contribution >= 0.6 is 0 Å². The van der Waals surface area contributed by atoms with Gasteiger partial charge in [-0.05, 0) is 43.5 Å². The van der Waals surface area contributed by atoms with Gasteiger partial charge in [-0.15, -0.1) is 0 Å². The van der Waals surface area contributed by atoms with Gasteiger partial charge >= 0.3 is 6.18 Å². The van der Waals surface area contributed by atoms with E-state index in [0.29, 0.717) is 11.1 Å². The maximum absolute atomic E-state index is 12.3. The summed E-state index contributed by atoms with van der Waals surface area (Å²) in [6, 6.07) is 1.83. The molecule has 0 saturated heterocycles. The molecule has 0 saturated carbocycles. The second-order valence-corrected chi connectivity index (χ2v) is 6.77. The number of aryl methyl sites for hydroxylation is 2. The molecule has 1 unspecified atom stereocenters. The van der Waals surface area contributed by atoms with Crippen LogP contribution in [0, 0.1) is 13.8 Å². The van der Waals surface area contributed by atoms with Crippen molar-refractivity contribution < 1.29 is 21.6 Å². The SMILES string of the molecule is Cc1cc(C)c(S(=O)(=O)NC(C)CC(F)(F)F)cc1CN. The van der Waals surface area contributed by atoms with Crippen LogP contribution in [0.3, 0.4) is 0 Å². The molecule has 21 heavy (non-hydrogen) atoms. The number of halogens is 3. The first-order chi connectivity index (χ1) is 9.46. The molecule has 1 atom stereocenters. The fraction of sp³-hybridized carbons (Fsp3) is 0.538. The van der Waals surface area contributed by atoms with E-state index in [2.05, 4.69) is 4.72 Å². The van der Waals surface area contributed by atoms with Crippen molar-refractivity contribution in [2.75, 3.05) is 0 Å². The van der Waals surface area contributed by atoms with Crippen LogP contribution in [-0.2, 0) is 16.6 Å². The van der Waals surface area contributed by atoms with Crippen LogP contribution in [0.1, 0.15) is 30.0 Å². The van der Waals surface area contributed by atoms with Crippen LogP contribution in [0.2, 0.25) is 0 Å². The standard InChI is InChI=1S/C13H19F3N2O2S/c1-8-4-9(2)12(5-11(8)7-17)21(19,20)18-10(3)6-13(14,15)16/h4-5,10,18H,6-7,17H2,1-3H3.